The van der Waals surface area contributed by atoms with E-state index in [2.05, 4.69) is 43.3 Å². The summed E-state index contributed by atoms with van der Waals surface area (Å²) in [5, 5.41) is 0. The van der Waals surface area contributed by atoms with Crippen LogP contribution in [0.3, 0.4) is 0 Å². The van der Waals surface area contributed by atoms with Gasteiger partial charge in [-0.15, -0.1) is 0 Å². The van der Waals surface area contributed by atoms with Crippen LogP contribution in [0, 0.1) is 0 Å². The Morgan fingerprint density at radius 1 is 1.11 bits per heavy atom. The molecule has 2 aliphatic rings. The van der Waals surface area contributed by atoms with Crippen LogP contribution in [0.15, 0.2) is 35.9 Å². The van der Waals surface area contributed by atoms with Crippen molar-refractivity contribution in [3.05, 3.63) is 41.5 Å². The van der Waals surface area contributed by atoms with Crippen LogP contribution in [0.25, 0.3) is 6.08 Å². The van der Waals surface area contributed by atoms with Crippen molar-refractivity contribution in [2.75, 3.05) is 0 Å². The van der Waals surface area contributed by atoms with Gasteiger partial charge < -0.3 is 4.74 Å². The van der Waals surface area contributed by atoms with E-state index in [1.807, 2.05) is 0 Å². The van der Waals surface area contributed by atoms with Crippen LogP contribution in [-0.2, 0) is 4.74 Å². The maximum Gasteiger partial charge on any atom is 0.0899 e. The fourth-order valence-electron chi connectivity index (χ4n) is 3.50. The molecule has 0 amide bonds. The Balaban J connectivity index is 1.91. The van der Waals surface area contributed by atoms with Gasteiger partial charge in [0.15, 0.2) is 0 Å². The average molecular weight is 242 g/mol. The van der Waals surface area contributed by atoms with Gasteiger partial charge in [0.2, 0.25) is 0 Å². The van der Waals surface area contributed by atoms with Gasteiger partial charge in [0.05, 0.1) is 11.7 Å². The third-order valence-electron chi connectivity index (χ3n) is 4.32. The Morgan fingerprint density at radius 2 is 1.83 bits per heavy atom. The minimum atomic E-state index is 0.0769. The lowest BCUT2D eigenvalue weighted by Crippen LogP contribution is -2.33. The first-order valence-electron chi connectivity index (χ1n) is 7.22. The van der Waals surface area contributed by atoms with E-state index in [0.29, 0.717) is 6.10 Å². The van der Waals surface area contributed by atoms with Crippen molar-refractivity contribution in [1.82, 2.24) is 0 Å². The molecule has 1 saturated heterocycles. The Bertz CT molecular complexity index is 426. The fourth-order valence-corrected chi connectivity index (χ4v) is 3.50. The molecule has 0 radical (unpaired) electrons. The maximum absolute atomic E-state index is 6.31. The molecule has 2 fully saturated rings. The summed E-state index contributed by atoms with van der Waals surface area (Å²) in [4.78, 5) is 0. The minimum Gasteiger partial charge on any atom is -0.367 e. The number of hydrogen-bond donors (Lipinski definition) is 0. The summed E-state index contributed by atoms with van der Waals surface area (Å²) >= 11 is 0. The Morgan fingerprint density at radius 3 is 2.56 bits per heavy atom. The lowest BCUT2D eigenvalue weighted by Gasteiger charge is -2.34. The lowest BCUT2D eigenvalue weighted by atomic mass is 9.79. The first-order chi connectivity index (χ1) is 8.78. The average Bonchev–Trinajstić information content (AvgIpc) is 2.67. The molecule has 1 unspecified atom stereocenters. The van der Waals surface area contributed by atoms with Crippen molar-refractivity contribution in [2.45, 2.75) is 57.2 Å². The molecule has 0 N–H and O–H groups in total. The Labute approximate surface area is 110 Å². The van der Waals surface area contributed by atoms with Crippen molar-refractivity contribution in [3.8, 4) is 0 Å². The molecule has 1 nitrogen and oxygen atoms in total. The molecule has 1 aromatic rings. The van der Waals surface area contributed by atoms with E-state index >= 15 is 0 Å². The molecular formula is C17H22O. The zero-order chi connectivity index (χ0) is 12.4. The molecule has 1 aromatic carbocycles. The van der Waals surface area contributed by atoms with Crippen LogP contribution in [0.4, 0.5) is 0 Å². The van der Waals surface area contributed by atoms with E-state index in [4.69, 9.17) is 4.74 Å². The van der Waals surface area contributed by atoms with Gasteiger partial charge in [-0.2, -0.15) is 0 Å². The number of ether oxygens (including phenoxy) is 1. The molecular weight excluding hydrogens is 220 g/mol. The molecule has 1 heteroatoms. The van der Waals surface area contributed by atoms with Gasteiger partial charge >= 0.3 is 0 Å². The molecule has 1 saturated carbocycles. The Kier molecular flexibility index (Phi) is 3.25. The number of hydrogen-bond acceptors (Lipinski definition) is 1. The predicted octanol–water partition coefficient (Wildman–Crippen LogP) is 4.58. The smallest absolute Gasteiger partial charge is 0.0899 e. The van der Waals surface area contributed by atoms with Crippen LogP contribution in [0.5, 0.6) is 0 Å². The SMILES string of the molecule is CC1C/C(=C\c2ccccc2)C2(CCCCC2)O1. The van der Waals surface area contributed by atoms with E-state index in [1.54, 1.807) is 0 Å². The van der Waals surface area contributed by atoms with Gasteiger partial charge in [-0.05, 0) is 37.3 Å². The van der Waals surface area contributed by atoms with Gasteiger partial charge in [-0.1, -0.05) is 55.7 Å². The number of benzene rings is 1. The molecule has 18 heavy (non-hydrogen) atoms. The molecule has 0 bridgehead atoms. The zero-order valence-electron chi connectivity index (χ0n) is 11.2. The second-order valence-electron chi connectivity index (χ2n) is 5.77. The van der Waals surface area contributed by atoms with Crippen LogP contribution < -0.4 is 0 Å². The van der Waals surface area contributed by atoms with Gasteiger partial charge in [0, 0.05) is 0 Å². The highest BCUT2D eigenvalue weighted by atomic mass is 16.5. The minimum absolute atomic E-state index is 0.0769. The summed E-state index contributed by atoms with van der Waals surface area (Å²) in [5.41, 5.74) is 2.92. The second kappa shape index (κ2) is 4.89. The van der Waals surface area contributed by atoms with Gasteiger partial charge in [0.25, 0.3) is 0 Å². The van der Waals surface area contributed by atoms with Crippen molar-refractivity contribution in [1.29, 1.82) is 0 Å². The van der Waals surface area contributed by atoms with E-state index in [9.17, 15) is 0 Å². The van der Waals surface area contributed by atoms with E-state index in [0.717, 1.165) is 6.42 Å². The van der Waals surface area contributed by atoms with Crippen LogP contribution in [-0.4, -0.2) is 11.7 Å². The van der Waals surface area contributed by atoms with Gasteiger partial charge in [0.1, 0.15) is 0 Å². The summed E-state index contributed by atoms with van der Waals surface area (Å²) in [6.07, 6.45) is 10.3. The molecule has 1 aliphatic heterocycles. The van der Waals surface area contributed by atoms with Crippen LogP contribution in [0.1, 0.15) is 51.0 Å². The second-order valence-corrected chi connectivity index (χ2v) is 5.77. The Hall–Kier alpha value is -1.08. The van der Waals surface area contributed by atoms with Crippen molar-refractivity contribution in [3.63, 3.8) is 0 Å². The van der Waals surface area contributed by atoms with Crippen molar-refractivity contribution in [2.24, 2.45) is 0 Å². The summed E-state index contributed by atoms with van der Waals surface area (Å²) in [6, 6.07) is 10.7. The third-order valence-corrected chi connectivity index (χ3v) is 4.32. The standard InChI is InChI=1S/C17H22O/c1-14-12-16(13-15-8-4-2-5-9-15)17(18-14)10-6-3-7-11-17/h2,4-5,8-9,13-14H,3,6-7,10-12H2,1H3/b16-13+. The molecule has 3 rings (SSSR count). The van der Waals surface area contributed by atoms with Gasteiger partial charge in [-0.25, -0.2) is 0 Å². The topological polar surface area (TPSA) is 9.23 Å². The highest BCUT2D eigenvalue weighted by Gasteiger charge is 2.43. The zero-order valence-corrected chi connectivity index (χ0v) is 11.2. The summed E-state index contributed by atoms with van der Waals surface area (Å²) in [6.45, 7) is 2.21. The van der Waals surface area contributed by atoms with Crippen molar-refractivity contribution < 1.29 is 4.74 Å². The van der Waals surface area contributed by atoms with Gasteiger partial charge in [-0.3, -0.25) is 0 Å². The predicted molar refractivity (Wildman–Crippen MR) is 75.4 cm³/mol. The van der Waals surface area contributed by atoms with E-state index in [1.165, 1.54) is 43.2 Å². The largest absolute Gasteiger partial charge is 0.367 e. The normalized spacial score (nSPS) is 28.9. The molecule has 1 atom stereocenters. The monoisotopic (exact) mass is 242 g/mol. The number of rotatable bonds is 1. The molecule has 1 aliphatic carbocycles. The fraction of sp³-hybridized carbons (Fsp3) is 0.529. The van der Waals surface area contributed by atoms with E-state index in [-0.39, 0.29) is 5.60 Å². The quantitative estimate of drug-likeness (QED) is 0.700. The lowest BCUT2D eigenvalue weighted by molar-refractivity contribution is -0.0414. The summed E-state index contributed by atoms with van der Waals surface area (Å²) in [5.74, 6) is 0. The maximum atomic E-state index is 6.31. The molecule has 1 spiro atoms. The molecule has 96 valence electrons. The highest BCUT2D eigenvalue weighted by Crippen LogP contribution is 2.46. The summed E-state index contributed by atoms with van der Waals surface area (Å²) < 4.78 is 6.31. The first-order valence-corrected chi connectivity index (χ1v) is 7.22. The highest BCUT2D eigenvalue weighted by molar-refractivity contribution is 5.56. The molecule has 0 aromatic heterocycles. The first kappa shape index (κ1) is 12.0. The van der Waals surface area contributed by atoms with E-state index < -0.39 is 0 Å². The summed E-state index contributed by atoms with van der Waals surface area (Å²) in [7, 11) is 0. The van der Waals surface area contributed by atoms with Crippen LogP contribution in [0.2, 0.25) is 0 Å². The molecule has 1 heterocycles. The van der Waals surface area contributed by atoms with Crippen molar-refractivity contribution >= 4 is 6.08 Å². The van der Waals surface area contributed by atoms with Crippen LogP contribution >= 0.6 is 0 Å². The third kappa shape index (κ3) is 2.24.